The molecule has 6 nitrogen and oxygen atoms in total. The van der Waals surface area contributed by atoms with Crippen molar-refractivity contribution in [2.24, 2.45) is 0 Å². The molecule has 168 valence electrons. The average Bonchev–Trinajstić information content (AvgIpc) is 2.77. The van der Waals surface area contributed by atoms with Crippen molar-refractivity contribution in [3.8, 4) is 5.75 Å². The number of rotatable bonds is 8. The van der Waals surface area contributed by atoms with Gasteiger partial charge in [-0.05, 0) is 54.4 Å². The maximum absolute atomic E-state index is 14.2. The number of nitrogens with one attached hydrogen (secondary N) is 1. The lowest BCUT2D eigenvalue weighted by Crippen LogP contribution is -2.30. The van der Waals surface area contributed by atoms with Gasteiger partial charge in [0.1, 0.15) is 11.6 Å². The molecule has 0 aliphatic heterocycles. The summed E-state index contributed by atoms with van der Waals surface area (Å²) in [5.74, 6) is -0.142. The number of sulfonamides is 1. The van der Waals surface area contributed by atoms with E-state index in [0.29, 0.717) is 11.1 Å². The summed E-state index contributed by atoms with van der Waals surface area (Å²) in [5, 5.41) is 2.93. The number of hydrogen-bond acceptors (Lipinski definition) is 4. The van der Waals surface area contributed by atoms with E-state index in [2.05, 4.69) is 5.32 Å². The van der Waals surface area contributed by atoms with Gasteiger partial charge in [-0.25, -0.2) is 12.8 Å². The summed E-state index contributed by atoms with van der Waals surface area (Å²) < 4.78 is 44.8. The number of carbonyl (C=O) groups excluding carboxylic acids is 1. The van der Waals surface area contributed by atoms with Gasteiger partial charge in [-0.1, -0.05) is 36.4 Å². The third kappa shape index (κ3) is 5.64. The first-order chi connectivity index (χ1) is 15.2. The fraction of sp³-hybridized carbons (Fsp3) is 0.208. The minimum Gasteiger partial charge on any atom is -0.497 e. The first-order valence-corrected chi connectivity index (χ1v) is 11.8. The van der Waals surface area contributed by atoms with E-state index in [1.54, 1.807) is 37.4 Å². The molecule has 1 N–H and O–H groups in total. The van der Waals surface area contributed by atoms with E-state index in [1.165, 1.54) is 18.2 Å². The SMILES string of the molecule is COc1ccc(C(C)NC(=O)c2ccc(CN(c3ccccc3F)S(C)(=O)=O)cc2)cc1. The van der Waals surface area contributed by atoms with Gasteiger partial charge in [0.2, 0.25) is 10.0 Å². The zero-order valence-corrected chi connectivity index (χ0v) is 18.9. The number of carbonyl (C=O) groups is 1. The quantitative estimate of drug-likeness (QED) is 0.549. The largest absolute Gasteiger partial charge is 0.497 e. The second kappa shape index (κ2) is 9.82. The molecule has 0 aliphatic rings. The van der Waals surface area contributed by atoms with Gasteiger partial charge in [0.25, 0.3) is 5.91 Å². The predicted octanol–water partition coefficient (Wildman–Crippen LogP) is 4.29. The minimum atomic E-state index is -3.71. The molecule has 3 aromatic carbocycles. The van der Waals surface area contributed by atoms with Gasteiger partial charge in [-0.2, -0.15) is 0 Å². The van der Waals surface area contributed by atoms with Crippen LogP contribution in [0.5, 0.6) is 5.75 Å². The lowest BCUT2D eigenvalue weighted by molar-refractivity contribution is 0.0940. The van der Waals surface area contributed by atoms with Crippen molar-refractivity contribution in [1.29, 1.82) is 0 Å². The minimum absolute atomic E-state index is 0.0230. The molecule has 0 fully saturated rings. The fourth-order valence-electron chi connectivity index (χ4n) is 3.22. The van der Waals surface area contributed by atoms with Crippen molar-refractivity contribution >= 4 is 21.6 Å². The molecule has 0 bridgehead atoms. The maximum atomic E-state index is 14.2. The highest BCUT2D eigenvalue weighted by Gasteiger charge is 2.21. The van der Waals surface area contributed by atoms with Gasteiger partial charge >= 0.3 is 0 Å². The number of benzene rings is 3. The Morgan fingerprint density at radius 2 is 1.66 bits per heavy atom. The molecule has 32 heavy (non-hydrogen) atoms. The number of amides is 1. The van der Waals surface area contributed by atoms with Crippen LogP contribution in [0, 0.1) is 5.82 Å². The van der Waals surface area contributed by atoms with Crippen LogP contribution < -0.4 is 14.4 Å². The Morgan fingerprint density at radius 1 is 1.03 bits per heavy atom. The zero-order chi connectivity index (χ0) is 23.3. The normalized spacial score (nSPS) is 12.1. The number of methoxy groups -OCH3 is 1. The van der Waals surface area contributed by atoms with E-state index in [-0.39, 0.29) is 24.2 Å². The predicted molar refractivity (Wildman–Crippen MR) is 123 cm³/mol. The molecule has 0 saturated carbocycles. The smallest absolute Gasteiger partial charge is 0.251 e. The van der Waals surface area contributed by atoms with Crippen molar-refractivity contribution in [3.63, 3.8) is 0 Å². The molecular formula is C24H25FN2O4S. The maximum Gasteiger partial charge on any atom is 0.251 e. The molecule has 3 aromatic rings. The summed E-state index contributed by atoms with van der Waals surface area (Å²) >= 11 is 0. The van der Waals surface area contributed by atoms with Gasteiger partial charge in [0, 0.05) is 5.56 Å². The lowest BCUT2D eigenvalue weighted by Gasteiger charge is -2.23. The van der Waals surface area contributed by atoms with Crippen molar-refractivity contribution in [3.05, 3.63) is 95.3 Å². The first kappa shape index (κ1) is 23.3. The molecule has 1 atom stereocenters. The number of hydrogen-bond donors (Lipinski definition) is 1. The van der Waals surface area contributed by atoms with Crippen LogP contribution in [0.2, 0.25) is 0 Å². The van der Waals surface area contributed by atoms with Crippen LogP contribution in [-0.2, 0) is 16.6 Å². The molecule has 3 rings (SSSR count). The molecule has 1 amide bonds. The molecular weight excluding hydrogens is 431 g/mol. The Labute approximate surface area is 187 Å². The van der Waals surface area contributed by atoms with Gasteiger partial charge < -0.3 is 10.1 Å². The summed E-state index contributed by atoms with van der Waals surface area (Å²) in [6.07, 6.45) is 1.03. The van der Waals surface area contributed by atoms with Gasteiger partial charge in [0.05, 0.1) is 31.6 Å². The van der Waals surface area contributed by atoms with E-state index in [1.807, 2.05) is 31.2 Å². The molecule has 8 heteroatoms. The van der Waals surface area contributed by atoms with Crippen molar-refractivity contribution < 1.29 is 22.3 Å². The number of nitrogens with zero attached hydrogens (tertiary/aromatic N) is 1. The first-order valence-electron chi connectivity index (χ1n) is 9.95. The Kier molecular flexibility index (Phi) is 7.15. The molecule has 0 aliphatic carbocycles. The highest BCUT2D eigenvalue weighted by Crippen LogP contribution is 2.24. The van der Waals surface area contributed by atoms with Crippen molar-refractivity contribution in [2.45, 2.75) is 19.5 Å². The summed E-state index contributed by atoms with van der Waals surface area (Å²) in [6, 6.07) is 19.5. The second-order valence-corrected chi connectivity index (χ2v) is 9.29. The highest BCUT2D eigenvalue weighted by atomic mass is 32.2. The third-order valence-corrected chi connectivity index (χ3v) is 6.15. The average molecular weight is 457 g/mol. The van der Waals surface area contributed by atoms with Crippen LogP contribution in [0.4, 0.5) is 10.1 Å². The van der Waals surface area contributed by atoms with E-state index in [9.17, 15) is 17.6 Å². The van der Waals surface area contributed by atoms with Gasteiger partial charge in [-0.3, -0.25) is 9.10 Å². The van der Waals surface area contributed by atoms with Crippen LogP contribution in [0.3, 0.4) is 0 Å². The van der Waals surface area contributed by atoms with Crippen LogP contribution in [0.15, 0.2) is 72.8 Å². The van der Waals surface area contributed by atoms with E-state index in [4.69, 9.17) is 4.74 Å². The third-order valence-electron chi connectivity index (χ3n) is 5.03. The van der Waals surface area contributed by atoms with Crippen molar-refractivity contribution in [2.75, 3.05) is 17.7 Å². The van der Waals surface area contributed by atoms with Crippen LogP contribution in [0.1, 0.15) is 34.5 Å². The highest BCUT2D eigenvalue weighted by molar-refractivity contribution is 7.92. The Balaban J connectivity index is 1.71. The number of anilines is 1. The molecule has 0 radical (unpaired) electrons. The molecule has 0 spiro atoms. The van der Waals surface area contributed by atoms with E-state index < -0.39 is 15.8 Å². The Hall–Kier alpha value is -3.39. The summed E-state index contributed by atoms with van der Waals surface area (Å²) in [5.41, 5.74) is 1.97. The number of para-hydroxylation sites is 1. The molecule has 0 saturated heterocycles. The summed E-state index contributed by atoms with van der Waals surface area (Å²) in [6.45, 7) is 1.83. The Morgan fingerprint density at radius 3 is 2.22 bits per heavy atom. The van der Waals surface area contributed by atoms with Gasteiger partial charge in [0.15, 0.2) is 0 Å². The van der Waals surface area contributed by atoms with Crippen LogP contribution in [0.25, 0.3) is 0 Å². The van der Waals surface area contributed by atoms with Crippen LogP contribution >= 0.6 is 0 Å². The summed E-state index contributed by atoms with van der Waals surface area (Å²) in [4.78, 5) is 12.6. The molecule has 1 unspecified atom stereocenters. The van der Waals surface area contributed by atoms with E-state index in [0.717, 1.165) is 21.9 Å². The monoisotopic (exact) mass is 456 g/mol. The van der Waals surface area contributed by atoms with Crippen molar-refractivity contribution in [1.82, 2.24) is 5.32 Å². The second-order valence-electron chi connectivity index (χ2n) is 7.39. The van der Waals surface area contributed by atoms with E-state index >= 15 is 0 Å². The molecule has 0 aromatic heterocycles. The van der Waals surface area contributed by atoms with Gasteiger partial charge in [-0.15, -0.1) is 0 Å². The fourth-order valence-corrected chi connectivity index (χ4v) is 4.11. The lowest BCUT2D eigenvalue weighted by atomic mass is 10.1. The number of halogens is 1. The number of ether oxygens (including phenoxy) is 1. The Bertz CT molecular complexity index is 1180. The summed E-state index contributed by atoms with van der Waals surface area (Å²) in [7, 11) is -2.12. The topological polar surface area (TPSA) is 75.7 Å². The molecule has 0 heterocycles. The standard InChI is InChI=1S/C24H25FN2O4S/c1-17(19-12-14-21(31-2)15-13-19)26-24(28)20-10-8-18(9-11-20)16-27(32(3,29)30)23-7-5-4-6-22(23)25/h4-15,17H,16H2,1-3H3,(H,26,28). The van der Waals surface area contributed by atoms with Crippen LogP contribution in [-0.4, -0.2) is 27.7 Å². The zero-order valence-electron chi connectivity index (χ0n) is 18.1.